The molecule has 1 aliphatic heterocycles. The van der Waals surface area contributed by atoms with E-state index in [1.54, 1.807) is 30.6 Å². The average Bonchev–Trinajstić information content (AvgIpc) is 3.00. The van der Waals surface area contributed by atoms with Gasteiger partial charge in [-0.2, -0.15) is 0 Å². The summed E-state index contributed by atoms with van der Waals surface area (Å²) in [6, 6.07) is 7.20. The molecule has 1 aliphatic carbocycles. The fourth-order valence-corrected chi connectivity index (χ4v) is 3.73. The molecule has 2 heterocycles. The largest absolute Gasteiger partial charge is 0.486 e. The first kappa shape index (κ1) is 20.8. The molecule has 1 N–H and O–H groups in total. The molecule has 1 aromatic heterocycles. The molecule has 1 saturated carbocycles. The first-order valence-corrected chi connectivity index (χ1v) is 9.82. The molecule has 1 spiro atoms. The van der Waals surface area contributed by atoms with Crippen molar-refractivity contribution in [2.24, 2.45) is 0 Å². The molecule has 2 aromatic rings. The van der Waals surface area contributed by atoms with E-state index in [1.807, 2.05) is 0 Å². The second-order valence-electron chi connectivity index (χ2n) is 7.66. The molecule has 31 heavy (non-hydrogen) atoms. The Balaban J connectivity index is 1.37. The van der Waals surface area contributed by atoms with Gasteiger partial charge in [0.05, 0.1) is 6.54 Å². The zero-order valence-electron chi connectivity index (χ0n) is 16.5. The number of ether oxygens (including phenoxy) is 1. The van der Waals surface area contributed by atoms with E-state index in [4.69, 9.17) is 4.74 Å². The first-order valence-electron chi connectivity index (χ1n) is 9.82. The van der Waals surface area contributed by atoms with Crippen molar-refractivity contribution >= 4 is 17.7 Å². The minimum absolute atomic E-state index is 0.146. The van der Waals surface area contributed by atoms with Crippen molar-refractivity contribution in [1.29, 1.82) is 0 Å². The van der Waals surface area contributed by atoms with Gasteiger partial charge in [0.2, 0.25) is 5.92 Å². The number of hydrogen-bond donors (Lipinski definition) is 1. The van der Waals surface area contributed by atoms with Crippen molar-refractivity contribution in [2.45, 2.75) is 43.8 Å². The third-order valence-electron chi connectivity index (χ3n) is 5.55. The normalized spacial score (nSPS) is 19.4. The highest BCUT2D eigenvalue weighted by molar-refractivity contribution is 6.11. The second kappa shape index (κ2) is 8.01. The molecule has 10 heteroatoms. The number of carbonyl (C=O) groups is 3. The highest BCUT2D eigenvalue weighted by Gasteiger charge is 2.55. The van der Waals surface area contributed by atoms with Crippen LogP contribution in [0, 0.1) is 0 Å². The fraction of sp³-hybridized carbons (Fsp3) is 0.381. The van der Waals surface area contributed by atoms with Gasteiger partial charge in [-0.1, -0.05) is 0 Å². The monoisotopic (exact) mass is 430 g/mol. The Morgan fingerprint density at radius 2 is 1.71 bits per heavy atom. The minimum atomic E-state index is -2.84. The zero-order valence-corrected chi connectivity index (χ0v) is 16.5. The van der Waals surface area contributed by atoms with Gasteiger partial charge in [0, 0.05) is 30.8 Å². The molecule has 162 valence electrons. The van der Waals surface area contributed by atoms with Crippen LogP contribution >= 0.6 is 0 Å². The standard InChI is InChI=1S/C21H20F2N4O4/c22-21(23)8-6-20(7-9-21)18(29)27(19(30)26-20)12-16(28)14-2-4-15(5-3-14)31-13-17-24-10-1-11-25-17/h1-5,10-11H,6-9,12-13H2,(H,26,30). The SMILES string of the molecule is O=C(CN1C(=O)NC2(CCC(F)(F)CC2)C1=O)c1ccc(OCc2ncccn2)cc1. The highest BCUT2D eigenvalue weighted by atomic mass is 19.3. The van der Waals surface area contributed by atoms with E-state index >= 15 is 0 Å². The number of Topliss-reactive ketones (excluding diaryl/α,β-unsaturated/α-hetero) is 1. The Bertz CT molecular complexity index is 988. The molecular formula is C21H20F2N4O4. The number of alkyl halides is 2. The molecule has 2 aliphatic rings. The van der Waals surface area contributed by atoms with Crippen LogP contribution in [0.4, 0.5) is 13.6 Å². The maximum atomic E-state index is 13.5. The number of urea groups is 1. The number of ketones is 1. The van der Waals surface area contributed by atoms with Crippen molar-refractivity contribution in [3.05, 3.63) is 54.1 Å². The summed E-state index contributed by atoms with van der Waals surface area (Å²) in [4.78, 5) is 46.5. The number of aromatic nitrogens is 2. The van der Waals surface area contributed by atoms with Gasteiger partial charge in [-0.15, -0.1) is 0 Å². The lowest BCUT2D eigenvalue weighted by molar-refractivity contribution is -0.135. The van der Waals surface area contributed by atoms with Crippen LogP contribution in [0.25, 0.3) is 0 Å². The summed E-state index contributed by atoms with van der Waals surface area (Å²) in [5, 5.41) is 2.53. The number of amides is 3. The third-order valence-corrected chi connectivity index (χ3v) is 5.55. The van der Waals surface area contributed by atoms with Crippen LogP contribution in [0.2, 0.25) is 0 Å². The van der Waals surface area contributed by atoms with Gasteiger partial charge in [0.15, 0.2) is 11.6 Å². The Morgan fingerprint density at radius 3 is 2.35 bits per heavy atom. The molecule has 8 nitrogen and oxygen atoms in total. The van der Waals surface area contributed by atoms with Gasteiger partial charge in [-0.3, -0.25) is 14.5 Å². The Labute approximate surface area is 176 Å². The van der Waals surface area contributed by atoms with E-state index < -0.39 is 48.6 Å². The summed E-state index contributed by atoms with van der Waals surface area (Å²) >= 11 is 0. The molecule has 2 fully saturated rings. The van der Waals surface area contributed by atoms with Gasteiger partial charge in [-0.05, 0) is 43.2 Å². The maximum Gasteiger partial charge on any atom is 0.325 e. The molecule has 0 atom stereocenters. The number of nitrogens with zero attached hydrogens (tertiary/aromatic N) is 3. The molecule has 0 bridgehead atoms. The number of carbonyl (C=O) groups excluding carboxylic acids is 3. The predicted octanol–water partition coefficient (Wildman–Crippen LogP) is 2.74. The minimum Gasteiger partial charge on any atom is -0.486 e. The summed E-state index contributed by atoms with van der Waals surface area (Å²) in [6.45, 7) is -0.293. The summed E-state index contributed by atoms with van der Waals surface area (Å²) in [5.41, 5.74) is -1.05. The number of nitrogens with one attached hydrogen (secondary N) is 1. The fourth-order valence-electron chi connectivity index (χ4n) is 3.73. The van der Waals surface area contributed by atoms with Gasteiger partial charge >= 0.3 is 6.03 Å². The Hall–Kier alpha value is -3.43. The van der Waals surface area contributed by atoms with Gasteiger partial charge < -0.3 is 10.1 Å². The van der Waals surface area contributed by atoms with Gasteiger partial charge in [-0.25, -0.2) is 23.5 Å². The number of hydrogen-bond acceptors (Lipinski definition) is 6. The van der Waals surface area contributed by atoms with Crippen molar-refractivity contribution in [2.75, 3.05) is 6.54 Å². The quantitative estimate of drug-likeness (QED) is 0.559. The van der Waals surface area contributed by atoms with Crippen LogP contribution in [0.3, 0.4) is 0 Å². The van der Waals surface area contributed by atoms with Crippen LogP contribution in [-0.4, -0.2) is 50.6 Å². The highest BCUT2D eigenvalue weighted by Crippen LogP contribution is 2.41. The summed E-state index contributed by atoms with van der Waals surface area (Å²) in [6.07, 6.45) is 1.96. The lowest BCUT2D eigenvalue weighted by Gasteiger charge is -2.34. The van der Waals surface area contributed by atoms with Gasteiger partial charge in [0.1, 0.15) is 17.9 Å². The van der Waals surface area contributed by atoms with Crippen molar-refractivity contribution in [3.8, 4) is 5.75 Å². The van der Waals surface area contributed by atoms with E-state index in [9.17, 15) is 23.2 Å². The van der Waals surface area contributed by atoms with Gasteiger partial charge in [0.25, 0.3) is 5.91 Å². The Morgan fingerprint density at radius 1 is 1.06 bits per heavy atom. The molecule has 0 radical (unpaired) electrons. The zero-order chi connectivity index (χ0) is 22.1. The predicted molar refractivity (Wildman–Crippen MR) is 104 cm³/mol. The maximum absolute atomic E-state index is 13.5. The molecule has 3 amide bonds. The average molecular weight is 430 g/mol. The summed E-state index contributed by atoms with van der Waals surface area (Å²) < 4.78 is 32.5. The van der Waals surface area contributed by atoms with Crippen LogP contribution in [0.15, 0.2) is 42.7 Å². The first-order chi connectivity index (χ1) is 14.8. The summed E-state index contributed by atoms with van der Waals surface area (Å²) in [5.74, 6) is -2.89. The number of imide groups is 1. The third kappa shape index (κ3) is 4.37. The van der Waals surface area contributed by atoms with E-state index in [0.717, 1.165) is 4.90 Å². The molecule has 0 unspecified atom stereocenters. The van der Waals surface area contributed by atoms with Crippen molar-refractivity contribution in [1.82, 2.24) is 20.2 Å². The smallest absolute Gasteiger partial charge is 0.325 e. The number of rotatable bonds is 6. The van der Waals surface area contributed by atoms with Crippen molar-refractivity contribution < 1.29 is 27.9 Å². The lowest BCUT2D eigenvalue weighted by Crippen LogP contribution is -2.51. The topological polar surface area (TPSA) is 101 Å². The van der Waals surface area contributed by atoms with Crippen LogP contribution < -0.4 is 10.1 Å². The van der Waals surface area contributed by atoms with Crippen LogP contribution in [0.1, 0.15) is 41.9 Å². The number of halogens is 2. The molecule has 1 aromatic carbocycles. The Kier molecular flexibility index (Phi) is 5.38. The lowest BCUT2D eigenvalue weighted by atomic mass is 9.80. The molecular weight excluding hydrogens is 410 g/mol. The van der Waals surface area contributed by atoms with E-state index in [2.05, 4.69) is 15.3 Å². The summed E-state index contributed by atoms with van der Waals surface area (Å²) in [7, 11) is 0. The van der Waals surface area contributed by atoms with E-state index in [1.165, 1.54) is 12.1 Å². The molecule has 4 rings (SSSR count). The van der Waals surface area contributed by atoms with Crippen LogP contribution in [-0.2, 0) is 11.4 Å². The van der Waals surface area contributed by atoms with E-state index in [0.29, 0.717) is 17.1 Å². The number of benzene rings is 1. The van der Waals surface area contributed by atoms with Crippen LogP contribution in [0.5, 0.6) is 5.75 Å². The van der Waals surface area contributed by atoms with Crippen molar-refractivity contribution in [3.63, 3.8) is 0 Å². The molecule has 1 saturated heterocycles. The second-order valence-corrected chi connectivity index (χ2v) is 7.66. The van der Waals surface area contributed by atoms with E-state index in [-0.39, 0.29) is 19.4 Å².